The van der Waals surface area contributed by atoms with E-state index in [1.165, 1.54) is 29.1 Å². The van der Waals surface area contributed by atoms with E-state index in [1.807, 2.05) is 18.2 Å². The molecule has 0 saturated heterocycles. The first kappa shape index (κ1) is 15.7. The molecule has 0 N–H and O–H groups in total. The molecule has 0 aliphatic carbocycles. The summed E-state index contributed by atoms with van der Waals surface area (Å²) >= 11 is 12.3. The monoisotopic (exact) mass is 357 g/mol. The van der Waals surface area contributed by atoms with Gasteiger partial charge in [0.1, 0.15) is 12.7 Å². The van der Waals surface area contributed by atoms with Crippen molar-refractivity contribution in [1.82, 2.24) is 4.57 Å². The topological polar surface area (TPSA) is 8.81 Å². The molecular weight excluding hydrogens is 339 g/mol. The van der Waals surface area contributed by atoms with Gasteiger partial charge in [-0.15, -0.1) is 0 Å². The van der Waals surface area contributed by atoms with Crippen molar-refractivity contribution in [1.29, 1.82) is 0 Å². The van der Waals surface area contributed by atoms with Gasteiger partial charge in [0.05, 0.1) is 23.0 Å². The van der Waals surface area contributed by atoms with Crippen molar-refractivity contribution in [3.63, 3.8) is 0 Å². The molecular formula is C20H19Cl2N2+. The van der Waals surface area contributed by atoms with E-state index < -0.39 is 0 Å². The van der Waals surface area contributed by atoms with Crippen LogP contribution in [0.2, 0.25) is 10.0 Å². The lowest BCUT2D eigenvalue weighted by Gasteiger charge is -2.01. The molecule has 2 nitrogen and oxygen atoms in total. The zero-order valence-corrected chi connectivity index (χ0v) is 15.1. The summed E-state index contributed by atoms with van der Waals surface area (Å²) in [6.45, 7) is 4.08. The molecule has 2 heterocycles. The second-order valence-corrected chi connectivity index (χ2v) is 7.24. The second kappa shape index (κ2) is 6.27. The molecule has 3 aromatic rings. The third-order valence-corrected chi connectivity index (χ3v) is 5.42. The van der Waals surface area contributed by atoms with Crippen molar-refractivity contribution in [3.8, 4) is 11.3 Å². The number of imidazole rings is 1. The Morgan fingerprint density at radius 3 is 2.58 bits per heavy atom. The van der Waals surface area contributed by atoms with Gasteiger partial charge in [-0.05, 0) is 37.1 Å². The van der Waals surface area contributed by atoms with Crippen LogP contribution in [0.15, 0.2) is 48.7 Å². The van der Waals surface area contributed by atoms with E-state index in [-0.39, 0.29) is 0 Å². The summed E-state index contributed by atoms with van der Waals surface area (Å²) in [5.74, 6) is 1.39. The first-order valence-electron chi connectivity index (χ1n) is 8.24. The summed E-state index contributed by atoms with van der Waals surface area (Å²) in [4.78, 5) is 0. The van der Waals surface area contributed by atoms with Crippen LogP contribution >= 0.6 is 23.2 Å². The van der Waals surface area contributed by atoms with Crippen LogP contribution in [0.3, 0.4) is 0 Å². The Bertz CT molecular complexity index is 895. The highest BCUT2D eigenvalue weighted by molar-refractivity contribution is 6.42. The molecule has 1 aliphatic heterocycles. The average molecular weight is 358 g/mol. The van der Waals surface area contributed by atoms with Gasteiger partial charge in [0.15, 0.2) is 5.69 Å². The number of nitrogens with zero attached hydrogens (tertiary/aromatic N) is 2. The van der Waals surface area contributed by atoms with Gasteiger partial charge < -0.3 is 0 Å². The van der Waals surface area contributed by atoms with E-state index in [4.69, 9.17) is 23.2 Å². The Morgan fingerprint density at radius 1 is 1.04 bits per heavy atom. The van der Waals surface area contributed by atoms with Gasteiger partial charge in [-0.1, -0.05) is 53.0 Å². The molecule has 122 valence electrons. The lowest BCUT2D eigenvalue weighted by atomic mass is 10.1. The minimum absolute atomic E-state index is 0.598. The van der Waals surface area contributed by atoms with Crippen LogP contribution in [-0.2, 0) is 19.5 Å². The van der Waals surface area contributed by atoms with Crippen molar-refractivity contribution in [2.24, 2.45) is 0 Å². The van der Waals surface area contributed by atoms with Gasteiger partial charge in [0.2, 0.25) is 0 Å². The third kappa shape index (κ3) is 2.85. The second-order valence-electron chi connectivity index (χ2n) is 6.43. The van der Waals surface area contributed by atoms with Gasteiger partial charge in [-0.3, -0.25) is 0 Å². The van der Waals surface area contributed by atoms with E-state index >= 15 is 0 Å². The third-order valence-electron chi connectivity index (χ3n) is 4.68. The van der Waals surface area contributed by atoms with Crippen LogP contribution in [0.25, 0.3) is 11.3 Å². The van der Waals surface area contributed by atoms with Gasteiger partial charge in [-0.2, -0.15) is 0 Å². The smallest absolute Gasteiger partial charge is 0.229 e. The first-order valence-corrected chi connectivity index (χ1v) is 9.00. The van der Waals surface area contributed by atoms with Crippen molar-refractivity contribution in [3.05, 3.63) is 75.7 Å². The normalized spacial score (nSPS) is 13.3. The summed E-state index contributed by atoms with van der Waals surface area (Å²) in [7, 11) is 0. The Labute approximate surface area is 152 Å². The Morgan fingerprint density at radius 2 is 1.83 bits per heavy atom. The first-order chi connectivity index (χ1) is 11.6. The maximum Gasteiger partial charge on any atom is 0.257 e. The predicted molar refractivity (Wildman–Crippen MR) is 98.7 cm³/mol. The molecule has 4 heteroatoms. The minimum atomic E-state index is 0.598. The van der Waals surface area contributed by atoms with Crippen LogP contribution in [0.4, 0.5) is 0 Å². The maximum atomic E-state index is 6.22. The lowest BCUT2D eigenvalue weighted by Crippen LogP contribution is -2.36. The van der Waals surface area contributed by atoms with Gasteiger partial charge in [0, 0.05) is 5.56 Å². The quantitative estimate of drug-likeness (QED) is 0.579. The highest BCUT2D eigenvalue weighted by Gasteiger charge is 2.28. The van der Waals surface area contributed by atoms with Gasteiger partial charge in [0.25, 0.3) is 5.82 Å². The number of halogens is 2. The maximum absolute atomic E-state index is 6.22. The molecule has 0 radical (unpaired) electrons. The molecule has 0 fully saturated rings. The van der Waals surface area contributed by atoms with Crippen LogP contribution in [0, 0.1) is 6.92 Å². The molecule has 0 spiro atoms. The van der Waals surface area contributed by atoms with E-state index in [9.17, 15) is 0 Å². The number of aryl methyl sites for hydroxylation is 1. The van der Waals surface area contributed by atoms with Gasteiger partial charge in [-0.25, -0.2) is 9.13 Å². The number of rotatable bonds is 3. The molecule has 2 aromatic carbocycles. The molecule has 4 rings (SSSR count). The van der Waals surface area contributed by atoms with Crippen LogP contribution in [0.5, 0.6) is 0 Å². The van der Waals surface area contributed by atoms with Crippen molar-refractivity contribution < 1.29 is 4.57 Å². The number of fused-ring (bicyclic) bond motifs is 1. The molecule has 0 bridgehead atoms. The fourth-order valence-corrected chi connectivity index (χ4v) is 3.72. The molecule has 0 amide bonds. The van der Waals surface area contributed by atoms with Crippen molar-refractivity contribution in [2.45, 2.75) is 32.9 Å². The van der Waals surface area contributed by atoms with Crippen LogP contribution in [0.1, 0.15) is 23.4 Å². The molecule has 0 unspecified atom stereocenters. The fourth-order valence-electron chi connectivity index (χ4n) is 3.42. The summed E-state index contributed by atoms with van der Waals surface area (Å²) in [6, 6.07) is 14.6. The fraction of sp³-hybridized carbons (Fsp3) is 0.250. The van der Waals surface area contributed by atoms with E-state index in [0.717, 1.165) is 25.1 Å². The molecule has 0 saturated carbocycles. The number of hydrogen-bond donors (Lipinski definition) is 0. The van der Waals surface area contributed by atoms with Crippen LogP contribution < -0.4 is 4.57 Å². The average Bonchev–Trinajstić information content (AvgIpc) is 3.16. The highest BCUT2D eigenvalue weighted by Crippen LogP contribution is 2.30. The molecule has 24 heavy (non-hydrogen) atoms. The number of hydrogen-bond acceptors (Lipinski definition) is 0. The molecule has 1 aliphatic rings. The predicted octanol–water partition coefficient (Wildman–Crippen LogP) is 5.05. The number of benzene rings is 2. The Kier molecular flexibility index (Phi) is 4.11. The van der Waals surface area contributed by atoms with E-state index in [1.54, 1.807) is 0 Å². The minimum Gasteiger partial charge on any atom is -0.229 e. The highest BCUT2D eigenvalue weighted by atomic mass is 35.5. The Hall–Kier alpha value is -1.77. The SMILES string of the molecule is Cc1ccc(C[n+]2cc(-c3ccc(Cl)c(Cl)c3)n3c2CCC3)cc1. The number of aromatic nitrogens is 2. The molecule has 1 aromatic heterocycles. The van der Waals surface area contributed by atoms with E-state index in [2.05, 4.69) is 46.5 Å². The van der Waals surface area contributed by atoms with Crippen LogP contribution in [-0.4, -0.2) is 4.57 Å². The Balaban J connectivity index is 1.74. The van der Waals surface area contributed by atoms with E-state index in [0.29, 0.717) is 10.0 Å². The lowest BCUT2D eigenvalue weighted by molar-refractivity contribution is -0.694. The summed E-state index contributed by atoms with van der Waals surface area (Å²) in [5.41, 5.74) is 4.96. The summed E-state index contributed by atoms with van der Waals surface area (Å²) in [5, 5.41) is 1.20. The van der Waals surface area contributed by atoms with Crippen molar-refractivity contribution in [2.75, 3.05) is 0 Å². The zero-order valence-electron chi connectivity index (χ0n) is 13.6. The van der Waals surface area contributed by atoms with Crippen molar-refractivity contribution >= 4 is 23.2 Å². The largest absolute Gasteiger partial charge is 0.257 e. The molecule has 0 atom stereocenters. The summed E-state index contributed by atoms with van der Waals surface area (Å²) in [6.07, 6.45) is 4.56. The summed E-state index contributed by atoms with van der Waals surface area (Å²) < 4.78 is 4.78. The zero-order chi connectivity index (χ0) is 16.7. The standard InChI is InChI=1S/C20H19Cl2N2/c1-14-4-6-15(7-5-14)12-23-13-19(24-10-2-3-20(23)24)16-8-9-17(21)18(22)11-16/h4-9,11,13H,2-3,10,12H2,1H3/q+1. The van der Waals surface area contributed by atoms with Gasteiger partial charge >= 0.3 is 0 Å².